The third-order valence-corrected chi connectivity index (χ3v) is 8.82. The summed E-state index contributed by atoms with van der Waals surface area (Å²) in [6, 6.07) is 9.68. The van der Waals surface area contributed by atoms with Crippen molar-refractivity contribution in [1.29, 1.82) is 5.26 Å². The lowest BCUT2D eigenvalue weighted by Crippen LogP contribution is -2.54. The summed E-state index contributed by atoms with van der Waals surface area (Å²) in [5.74, 6) is 1.28. The van der Waals surface area contributed by atoms with Crippen LogP contribution in [-0.2, 0) is 12.8 Å². The summed E-state index contributed by atoms with van der Waals surface area (Å²) < 4.78 is 14.9. The van der Waals surface area contributed by atoms with E-state index in [1.54, 1.807) is 18.5 Å². The average Bonchev–Trinajstić information content (AvgIpc) is 2.99. The number of hydrogen-bond acceptors (Lipinski definition) is 3. The molecule has 2 fully saturated rings. The van der Waals surface area contributed by atoms with Gasteiger partial charge in [0.05, 0.1) is 11.2 Å². The van der Waals surface area contributed by atoms with E-state index in [-0.39, 0.29) is 16.8 Å². The van der Waals surface area contributed by atoms with Crippen LogP contribution in [0, 0.1) is 40.3 Å². The van der Waals surface area contributed by atoms with Crippen LogP contribution in [0.2, 0.25) is 0 Å². The van der Waals surface area contributed by atoms with Gasteiger partial charge in [0, 0.05) is 24.2 Å². The lowest BCUT2D eigenvalue weighted by atomic mass is 9.50. The number of halogens is 1. The van der Waals surface area contributed by atoms with E-state index in [9.17, 15) is 14.8 Å². The highest BCUT2D eigenvalue weighted by atomic mass is 19.1. The Morgan fingerprint density at radius 1 is 1.23 bits per heavy atom. The molecule has 1 heterocycles. The largest absolute Gasteiger partial charge is 0.389 e. The van der Waals surface area contributed by atoms with Gasteiger partial charge in [-0.05, 0) is 90.7 Å². The van der Waals surface area contributed by atoms with E-state index in [1.807, 2.05) is 24.3 Å². The molecule has 3 aliphatic rings. The zero-order valence-corrected chi connectivity index (χ0v) is 17.7. The van der Waals surface area contributed by atoms with E-state index in [1.165, 1.54) is 0 Å². The summed E-state index contributed by atoms with van der Waals surface area (Å²) in [4.78, 5) is 4.12. The molecule has 3 aliphatic carbocycles. The Morgan fingerprint density at radius 3 is 2.73 bits per heavy atom. The minimum atomic E-state index is -0.714. The molecule has 4 heteroatoms. The lowest BCUT2D eigenvalue weighted by Gasteiger charge is -2.56. The van der Waals surface area contributed by atoms with E-state index in [0.29, 0.717) is 36.5 Å². The number of nitriles is 1. The first kappa shape index (κ1) is 19.7. The quantitative estimate of drug-likeness (QED) is 0.751. The minimum Gasteiger partial charge on any atom is -0.389 e. The Bertz CT molecular complexity index is 1020. The first-order valence-electron chi connectivity index (χ1n) is 11.2. The number of aromatic nitrogens is 1. The van der Waals surface area contributed by atoms with E-state index in [2.05, 4.69) is 18.8 Å². The highest BCUT2D eigenvalue weighted by molar-refractivity contribution is 5.44. The lowest BCUT2D eigenvalue weighted by molar-refractivity contribution is -0.115. The molecular formula is C26H29FN2O. The molecule has 0 aliphatic heterocycles. The SMILES string of the molecule is C[C@H]1C[C@@]2(C)C(CC[C@@]2(O)Cc2ccncc2)C2CCc3c(ccc(C#N)c3F)C21. The van der Waals surface area contributed by atoms with Gasteiger partial charge in [0.15, 0.2) is 0 Å². The molecule has 0 spiro atoms. The van der Waals surface area contributed by atoms with E-state index < -0.39 is 5.60 Å². The van der Waals surface area contributed by atoms with Gasteiger partial charge < -0.3 is 5.11 Å². The van der Waals surface area contributed by atoms with Crippen LogP contribution in [0.25, 0.3) is 0 Å². The molecule has 30 heavy (non-hydrogen) atoms. The fraction of sp³-hybridized carbons (Fsp3) is 0.538. The summed E-state index contributed by atoms with van der Waals surface area (Å²) in [7, 11) is 0. The van der Waals surface area contributed by atoms with Gasteiger partial charge in [0.1, 0.15) is 11.9 Å². The van der Waals surface area contributed by atoms with Crippen molar-refractivity contribution in [2.24, 2.45) is 23.2 Å². The van der Waals surface area contributed by atoms with Crippen molar-refractivity contribution in [1.82, 2.24) is 4.98 Å². The topological polar surface area (TPSA) is 56.9 Å². The van der Waals surface area contributed by atoms with Gasteiger partial charge in [0.2, 0.25) is 0 Å². The summed E-state index contributed by atoms with van der Waals surface area (Å²) >= 11 is 0. The van der Waals surface area contributed by atoms with Crippen LogP contribution in [0.1, 0.15) is 67.7 Å². The number of aliphatic hydroxyl groups is 1. The number of benzene rings is 1. The maximum atomic E-state index is 14.9. The molecule has 3 unspecified atom stereocenters. The molecule has 1 N–H and O–H groups in total. The van der Waals surface area contributed by atoms with Crippen LogP contribution in [0.5, 0.6) is 0 Å². The Balaban J connectivity index is 1.51. The first-order chi connectivity index (χ1) is 14.4. The molecule has 156 valence electrons. The minimum absolute atomic E-state index is 0.139. The second kappa shape index (κ2) is 6.89. The summed E-state index contributed by atoms with van der Waals surface area (Å²) in [5.41, 5.74) is 2.32. The smallest absolute Gasteiger partial charge is 0.144 e. The zero-order chi connectivity index (χ0) is 21.1. The van der Waals surface area contributed by atoms with Gasteiger partial charge in [-0.2, -0.15) is 5.26 Å². The summed E-state index contributed by atoms with van der Waals surface area (Å²) in [6.07, 6.45) is 8.70. The molecule has 2 aromatic rings. The molecule has 0 amide bonds. The molecule has 2 saturated carbocycles. The van der Waals surface area contributed by atoms with Gasteiger partial charge in [-0.25, -0.2) is 4.39 Å². The molecule has 1 aromatic heterocycles. The van der Waals surface area contributed by atoms with Gasteiger partial charge in [-0.15, -0.1) is 0 Å². The Labute approximate surface area is 178 Å². The first-order valence-corrected chi connectivity index (χ1v) is 11.2. The maximum absolute atomic E-state index is 14.9. The van der Waals surface area contributed by atoms with E-state index in [0.717, 1.165) is 42.4 Å². The predicted octanol–water partition coefficient (Wildman–Crippen LogP) is 5.17. The normalized spacial score (nSPS) is 37.0. The van der Waals surface area contributed by atoms with Crippen LogP contribution in [0.4, 0.5) is 4.39 Å². The standard InChI is InChI=1S/C26H29FN2O/c1-16-13-25(2)22(7-10-26(25,30)14-17-8-11-29-12-9-17)21-6-5-20-19(23(16)21)4-3-18(15-28)24(20)27/h3-4,8-9,11-12,16,21-23,30H,5-7,10,13-14H2,1-2H3/t16-,21?,22?,23?,25-,26+/m0/s1. The number of pyridine rings is 1. The van der Waals surface area contributed by atoms with Crippen molar-refractivity contribution in [2.45, 2.75) is 63.9 Å². The Morgan fingerprint density at radius 2 is 2.00 bits per heavy atom. The van der Waals surface area contributed by atoms with E-state index in [4.69, 9.17) is 0 Å². The van der Waals surface area contributed by atoms with Gasteiger partial charge in [-0.1, -0.05) is 19.9 Å². The molecule has 0 radical (unpaired) electrons. The average molecular weight is 405 g/mol. The number of fused-ring (bicyclic) bond motifs is 5. The van der Waals surface area contributed by atoms with Gasteiger partial charge in [-0.3, -0.25) is 4.98 Å². The Kier molecular flexibility index (Phi) is 4.52. The van der Waals surface area contributed by atoms with Crippen LogP contribution in [0.3, 0.4) is 0 Å². The van der Waals surface area contributed by atoms with Crippen molar-refractivity contribution in [3.63, 3.8) is 0 Å². The second-order valence-corrected chi connectivity index (χ2v) is 10.1. The molecule has 1 aromatic carbocycles. The van der Waals surface area contributed by atoms with Crippen LogP contribution in [-0.4, -0.2) is 15.7 Å². The van der Waals surface area contributed by atoms with Crippen molar-refractivity contribution >= 4 is 0 Å². The Hall–Kier alpha value is -2.25. The molecule has 3 nitrogen and oxygen atoms in total. The summed E-state index contributed by atoms with van der Waals surface area (Å²) in [6.45, 7) is 4.57. The van der Waals surface area contributed by atoms with Crippen LogP contribution in [0.15, 0.2) is 36.7 Å². The number of hydrogen-bond donors (Lipinski definition) is 1. The van der Waals surface area contributed by atoms with Gasteiger partial charge >= 0.3 is 0 Å². The summed E-state index contributed by atoms with van der Waals surface area (Å²) in [5, 5.41) is 21.1. The van der Waals surface area contributed by atoms with Crippen LogP contribution < -0.4 is 0 Å². The fourth-order valence-electron chi connectivity index (χ4n) is 7.49. The molecular weight excluding hydrogens is 375 g/mol. The third-order valence-electron chi connectivity index (χ3n) is 8.82. The van der Waals surface area contributed by atoms with Crippen molar-refractivity contribution in [2.75, 3.05) is 0 Å². The van der Waals surface area contributed by atoms with Crippen molar-refractivity contribution in [3.05, 3.63) is 64.7 Å². The van der Waals surface area contributed by atoms with Crippen LogP contribution >= 0.6 is 0 Å². The maximum Gasteiger partial charge on any atom is 0.144 e. The van der Waals surface area contributed by atoms with Crippen molar-refractivity contribution < 1.29 is 9.50 Å². The highest BCUT2D eigenvalue weighted by Crippen LogP contribution is 2.66. The second-order valence-electron chi connectivity index (χ2n) is 10.1. The predicted molar refractivity (Wildman–Crippen MR) is 113 cm³/mol. The zero-order valence-electron chi connectivity index (χ0n) is 17.7. The molecule has 5 rings (SSSR count). The highest BCUT2D eigenvalue weighted by Gasteiger charge is 2.62. The third kappa shape index (κ3) is 2.68. The molecule has 6 atom stereocenters. The number of rotatable bonds is 2. The van der Waals surface area contributed by atoms with Crippen molar-refractivity contribution in [3.8, 4) is 6.07 Å². The molecule has 0 saturated heterocycles. The van der Waals surface area contributed by atoms with Gasteiger partial charge in [0.25, 0.3) is 0 Å². The number of nitrogens with zero attached hydrogens (tertiary/aromatic N) is 2. The fourth-order valence-corrected chi connectivity index (χ4v) is 7.49. The molecule has 0 bridgehead atoms. The van der Waals surface area contributed by atoms with E-state index >= 15 is 0 Å². The monoisotopic (exact) mass is 404 g/mol.